The predicted octanol–water partition coefficient (Wildman–Crippen LogP) is 2.68. The largest absolute Gasteiger partial charge is 0.336 e. The Morgan fingerprint density at radius 2 is 1.56 bits per heavy atom. The van der Waals surface area contributed by atoms with E-state index in [4.69, 9.17) is 23.2 Å². The normalized spacial score (nSPS) is 19.3. The van der Waals surface area contributed by atoms with E-state index in [2.05, 4.69) is 0 Å². The van der Waals surface area contributed by atoms with E-state index < -0.39 is 20.0 Å². The van der Waals surface area contributed by atoms with Gasteiger partial charge in [0.25, 0.3) is 5.91 Å². The Balaban J connectivity index is 1.43. The van der Waals surface area contributed by atoms with Crippen LogP contribution in [0.1, 0.15) is 16.8 Å². The molecule has 172 valence electrons. The number of rotatable bonds is 4. The molecule has 2 saturated heterocycles. The molecule has 2 aliphatic rings. The zero-order valence-corrected chi connectivity index (χ0v) is 20.1. The van der Waals surface area contributed by atoms with Gasteiger partial charge in [0.05, 0.1) is 21.5 Å². The van der Waals surface area contributed by atoms with Gasteiger partial charge in [-0.2, -0.15) is 4.31 Å². The molecule has 0 radical (unpaired) electrons. The molecule has 12 heteroatoms. The molecule has 2 fully saturated rings. The SMILES string of the molecule is O=C(c1ccc(N2CCCS2(=O)=O)cc1)N1CCN(S(=O)(=O)c2cccc(Cl)c2Cl)CC1. The Kier molecular flexibility index (Phi) is 6.43. The zero-order chi connectivity index (χ0) is 23.1. The summed E-state index contributed by atoms with van der Waals surface area (Å²) >= 11 is 12.0. The number of nitrogens with zero attached hydrogens (tertiary/aromatic N) is 3. The molecule has 0 bridgehead atoms. The summed E-state index contributed by atoms with van der Waals surface area (Å²) in [6.07, 6.45) is 0.580. The monoisotopic (exact) mass is 517 g/mol. The van der Waals surface area contributed by atoms with Gasteiger partial charge in [-0.1, -0.05) is 29.3 Å². The second kappa shape index (κ2) is 8.83. The molecule has 2 aliphatic heterocycles. The predicted molar refractivity (Wildman–Crippen MR) is 123 cm³/mol. The maximum absolute atomic E-state index is 12.9. The van der Waals surface area contributed by atoms with Crippen molar-refractivity contribution in [2.45, 2.75) is 11.3 Å². The molecule has 0 aliphatic carbocycles. The number of piperazine rings is 1. The third kappa shape index (κ3) is 4.34. The van der Waals surface area contributed by atoms with E-state index in [1.54, 1.807) is 29.2 Å². The highest BCUT2D eigenvalue weighted by molar-refractivity contribution is 7.93. The Morgan fingerprint density at radius 3 is 2.16 bits per heavy atom. The van der Waals surface area contributed by atoms with Crippen LogP contribution in [0.3, 0.4) is 0 Å². The van der Waals surface area contributed by atoms with Gasteiger partial charge in [0.15, 0.2) is 0 Å². The second-order valence-electron chi connectivity index (χ2n) is 7.54. The van der Waals surface area contributed by atoms with Crippen molar-refractivity contribution >= 4 is 54.8 Å². The molecule has 0 unspecified atom stereocenters. The first-order chi connectivity index (χ1) is 15.1. The number of amides is 1. The van der Waals surface area contributed by atoms with E-state index in [9.17, 15) is 21.6 Å². The van der Waals surface area contributed by atoms with E-state index in [-0.39, 0.29) is 52.8 Å². The lowest BCUT2D eigenvalue weighted by Crippen LogP contribution is -2.50. The molecule has 0 N–H and O–H groups in total. The summed E-state index contributed by atoms with van der Waals surface area (Å²) in [6.45, 7) is 1.13. The minimum absolute atomic E-state index is 0.0206. The third-order valence-corrected chi connectivity index (χ3v) is 10.3. The topological polar surface area (TPSA) is 95.1 Å². The Hall–Kier alpha value is -1.85. The molecule has 2 aromatic carbocycles. The Morgan fingerprint density at radius 1 is 0.906 bits per heavy atom. The molecular weight excluding hydrogens is 497 g/mol. The van der Waals surface area contributed by atoms with E-state index in [0.29, 0.717) is 24.2 Å². The molecule has 4 rings (SSSR count). The van der Waals surface area contributed by atoms with Gasteiger partial charge in [-0.15, -0.1) is 0 Å². The van der Waals surface area contributed by atoms with Gasteiger partial charge >= 0.3 is 0 Å². The number of benzene rings is 2. The number of hydrogen-bond acceptors (Lipinski definition) is 5. The van der Waals surface area contributed by atoms with E-state index in [0.717, 1.165) is 0 Å². The van der Waals surface area contributed by atoms with E-state index >= 15 is 0 Å². The van der Waals surface area contributed by atoms with Crippen molar-refractivity contribution in [1.29, 1.82) is 0 Å². The molecule has 32 heavy (non-hydrogen) atoms. The van der Waals surface area contributed by atoms with Crippen molar-refractivity contribution in [2.75, 3.05) is 42.8 Å². The van der Waals surface area contributed by atoms with Crippen LogP contribution < -0.4 is 4.31 Å². The first-order valence-electron chi connectivity index (χ1n) is 9.95. The number of halogens is 2. The fourth-order valence-electron chi connectivity index (χ4n) is 3.84. The van der Waals surface area contributed by atoms with Crippen LogP contribution in [-0.2, 0) is 20.0 Å². The first kappa shape index (κ1) is 23.3. The van der Waals surface area contributed by atoms with Gasteiger partial charge in [-0.05, 0) is 42.8 Å². The van der Waals surface area contributed by atoms with Crippen LogP contribution >= 0.6 is 23.2 Å². The molecule has 2 heterocycles. The maximum atomic E-state index is 12.9. The summed E-state index contributed by atoms with van der Waals surface area (Å²) in [5.74, 6) is -0.111. The average Bonchev–Trinajstić information content (AvgIpc) is 3.14. The highest BCUT2D eigenvalue weighted by Gasteiger charge is 2.32. The second-order valence-corrected chi connectivity index (χ2v) is 12.2. The summed E-state index contributed by atoms with van der Waals surface area (Å²) in [5, 5.41) is 0.138. The smallest absolute Gasteiger partial charge is 0.253 e. The summed E-state index contributed by atoms with van der Waals surface area (Å²) in [6, 6.07) is 10.9. The number of hydrogen-bond donors (Lipinski definition) is 0. The third-order valence-electron chi connectivity index (χ3n) is 5.56. The Bertz CT molecular complexity index is 1240. The highest BCUT2D eigenvalue weighted by atomic mass is 35.5. The molecule has 8 nitrogen and oxygen atoms in total. The molecule has 0 aromatic heterocycles. The van der Waals surface area contributed by atoms with Crippen molar-refractivity contribution in [2.24, 2.45) is 0 Å². The lowest BCUT2D eigenvalue weighted by molar-refractivity contribution is 0.0698. The van der Waals surface area contributed by atoms with Crippen LogP contribution in [-0.4, -0.2) is 70.4 Å². The minimum Gasteiger partial charge on any atom is -0.336 e. The van der Waals surface area contributed by atoms with Gasteiger partial charge in [0.2, 0.25) is 20.0 Å². The fourth-order valence-corrected chi connectivity index (χ4v) is 7.56. The summed E-state index contributed by atoms with van der Waals surface area (Å²) in [4.78, 5) is 14.4. The van der Waals surface area contributed by atoms with Crippen molar-refractivity contribution in [3.8, 4) is 0 Å². The summed E-state index contributed by atoms with van der Waals surface area (Å²) in [7, 11) is -7.12. The minimum atomic E-state index is -3.84. The van der Waals surface area contributed by atoms with Gasteiger partial charge in [0, 0.05) is 38.3 Å². The molecular formula is C20H21Cl2N3O5S2. The number of anilines is 1. The van der Waals surface area contributed by atoms with Crippen LogP contribution in [0.15, 0.2) is 47.4 Å². The van der Waals surface area contributed by atoms with Crippen molar-refractivity contribution < 1.29 is 21.6 Å². The molecule has 0 spiro atoms. The number of carbonyl (C=O) groups is 1. The molecule has 0 atom stereocenters. The molecule has 0 saturated carbocycles. The standard InChI is InChI=1S/C20H21Cl2N3O5S2/c21-17-3-1-4-18(19(17)22)32(29,30)24-12-10-23(11-13-24)20(26)15-5-7-16(8-6-15)25-9-2-14-31(25,27)28/h1,3-8H,2,9-14H2. The van der Waals surface area contributed by atoms with Crippen LogP contribution in [0.5, 0.6) is 0 Å². The lowest BCUT2D eigenvalue weighted by Gasteiger charge is -2.34. The van der Waals surface area contributed by atoms with Crippen molar-refractivity contribution in [3.05, 3.63) is 58.1 Å². The van der Waals surface area contributed by atoms with Crippen LogP contribution in [0.4, 0.5) is 5.69 Å². The molecule has 1 amide bonds. The Labute approximate surface area is 197 Å². The zero-order valence-electron chi connectivity index (χ0n) is 16.9. The van der Waals surface area contributed by atoms with Crippen LogP contribution in [0, 0.1) is 0 Å². The first-order valence-corrected chi connectivity index (χ1v) is 13.8. The summed E-state index contributed by atoms with van der Waals surface area (Å²) in [5.41, 5.74) is 0.952. The number of sulfonamides is 2. The van der Waals surface area contributed by atoms with Gasteiger partial charge in [0.1, 0.15) is 4.90 Å². The van der Waals surface area contributed by atoms with Crippen LogP contribution in [0.2, 0.25) is 10.0 Å². The quantitative estimate of drug-likeness (QED) is 0.621. The maximum Gasteiger partial charge on any atom is 0.253 e. The number of carbonyl (C=O) groups excluding carboxylic acids is 1. The van der Waals surface area contributed by atoms with Crippen molar-refractivity contribution in [3.63, 3.8) is 0 Å². The lowest BCUT2D eigenvalue weighted by atomic mass is 10.1. The van der Waals surface area contributed by atoms with Gasteiger partial charge < -0.3 is 4.90 Å². The fraction of sp³-hybridized carbons (Fsp3) is 0.350. The van der Waals surface area contributed by atoms with Crippen LogP contribution in [0.25, 0.3) is 0 Å². The van der Waals surface area contributed by atoms with E-state index in [1.807, 2.05) is 0 Å². The van der Waals surface area contributed by atoms with E-state index in [1.165, 1.54) is 26.8 Å². The average molecular weight is 518 g/mol. The highest BCUT2D eigenvalue weighted by Crippen LogP contribution is 2.31. The van der Waals surface area contributed by atoms with Crippen molar-refractivity contribution in [1.82, 2.24) is 9.21 Å². The van der Waals surface area contributed by atoms with Gasteiger partial charge in [-0.3, -0.25) is 9.10 Å². The van der Waals surface area contributed by atoms with Gasteiger partial charge in [-0.25, -0.2) is 16.8 Å². The summed E-state index contributed by atoms with van der Waals surface area (Å²) < 4.78 is 52.7. The molecule has 2 aromatic rings.